The van der Waals surface area contributed by atoms with Crippen LogP contribution in [0.15, 0.2) is 42.7 Å². The number of aliphatic hydroxyl groups excluding tert-OH is 1. The summed E-state index contributed by atoms with van der Waals surface area (Å²) >= 11 is 0. The third kappa shape index (κ3) is 2.58. The zero-order chi connectivity index (χ0) is 13.9. The number of aromatic nitrogens is 2. The van der Waals surface area contributed by atoms with Crippen molar-refractivity contribution in [2.24, 2.45) is 0 Å². The van der Waals surface area contributed by atoms with E-state index in [-0.39, 0.29) is 11.9 Å². The van der Waals surface area contributed by atoms with Crippen LogP contribution in [0.2, 0.25) is 0 Å². The number of hydrogen-bond acceptors (Lipinski definition) is 3. The van der Waals surface area contributed by atoms with Gasteiger partial charge in [0, 0.05) is 31.8 Å². The van der Waals surface area contributed by atoms with Crippen molar-refractivity contribution in [1.82, 2.24) is 15.1 Å². The van der Waals surface area contributed by atoms with E-state index in [0.29, 0.717) is 19.4 Å². The normalized spacial score (nSPS) is 20.6. The molecule has 0 unspecified atom stereocenters. The Morgan fingerprint density at radius 2 is 2.25 bits per heavy atom. The highest BCUT2D eigenvalue weighted by molar-refractivity contribution is 5.76. The molecule has 3 rings (SSSR count). The first-order valence-corrected chi connectivity index (χ1v) is 6.77. The highest BCUT2D eigenvalue weighted by Gasteiger charge is 2.31. The van der Waals surface area contributed by atoms with Crippen molar-refractivity contribution in [3.8, 4) is 0 Å². The molecule has 0 saturated carbocycles. The SMILES string of the molecule is O=C(CCn1cccn1)N[C@H]1c2ccccc2C[C@H]1O. The molecule has 0 fully saturated rings. The van der Waals surface area contributed by atoms with Gasteiger partial charge in [0.05, 0.1) is 12.1 Å². The second kappa shape index (κ2) is 5.46. The van der Waals surface area contributed by atoms with Crippen LogP contribution in [0.3, 0.4) is 0 Å². The molecule has 0 radical (unpaired) electrons. The lowest BCUT2D eigenvalue weighted by atomic mass is 10.1. The Morgan fingerprint density at radius 1 is 1.40 bits per heavy atom. The van der Waals surface area contributed by atoms with E-state index >= 15 is 0 Å². The fraction of sp³-hybridized carbons (Fsp3) is 0.333. The summed E-state index contributed by atoms with van der Waals surface area (Å²) in [6.07, 6.45) is 3.93. The van der Waals surface area contributed by atoms with Gasteiger partial charge >= 0.3 is 0 Å². The molecule has 1 heterocycles. The van der Waals surface area contributed by atoms with E-state index in [1.54, 1.807) is 10.9 Å². The quantitative estimate of drug-likeness (QED) is 0.873. The van der Waals surface area contributed by atoms with Gasteiger partial charge in [-0.1, -0.05) is 24.3 Å². The average Bonchev–Trinajstić information content (AvgIpc) is 3.06. The van der Waals surface area contributed by atoms with Crippen LogP contribution in [-0.4, -0.2) is 26.9 Å². The summed E-state index contributed by atoms with van der Waals surface area (Å²) in [6, 6.07) is 9.37. The maximum Gasteiger partial charge on any atom is 0.222 e. The molecular weight excluding hydrogens is 254 g/mol. The first kappa shape index (κ1) is 12.9. The minimum absolute atomic E-state index is 0.0683. The van der Waals surface area contributed by atoms with Crippen molar-refractivity contribution in [1.29, 1.82) is 0 Å². The molecule has 1 aliphatic rings. The lowest BCUT2D eigenvalue weighted by molar-refractivity contribution is -0.122. The van der Waals surface area contributed by atoms with Crippen LogP contribution in [0.5, 0.6) is 0 Å². The fourth-order valence-corrected chi connectivity index (χ4v) is 2.64. The van der Waals surface area contributed by atoms with Crippen molar-refractivity contribution >= 4 is 5.91 Å². The first-order chi connectivity index (χ1) is 9.74. The van der Waals surface area contributed by atoms with Crippen molar-refractivity contribution in [3.05, 3.63) is 53.9 Å². The highest BCUT2D eigenvalue weighted by atomic mass is 16.3. The molecule has 0 aliphatic heterocycles. The predicted molar refractivity (Wildman–Crippen MR) is 73.9 cm³/mol. The number of aryl methyl sites for hydroxylation is 1. The van der Waals surface area contributed by atoms with Crippen LogP contribution >= 0.6 is 0 Å². The lowest BCUT2D eigenvalue weighted by Gasteiger charge is -2.18. The highest BCUT2D eigenvalue weighted by Crippen LogP contribution is 2.31. The van der Waals surface area contributed by atoms with Gasteiger partial charge in [0.1, 0.15) is 0 Å². The number of nitrogens with one attached hydrogen (secondary N) is 1. The van der Waals surface area contributed by atoms with E-state index in [1.165, 1.54) is 0 Å². The van der Waals surface area contributed by atoms with Gasteiger partial charge in [-0.05, 0) is 17.2 Å². The van der Waals surface area contributed by atoms with Crippen LogP contribution in [0.25, 0.3) is 0 Å². The van der Waals surface area contributed by atoms with Gasteiger partial charge in [0.15, 0.2) is 0 Å². The topological polar surface area (TPSA) is 67.2 Å². The third-order valence-corrected chi connectivity index (χ3v) is 3.65. The monoisotopic (exact) mass is 271 g/mol. The second-order valence-corrected chi connectivity index (χ2v) is 5.03. The van der Waals surface area contributed by atoms with E-state index in [9.17, 15) is 9.90 Å². The van der Waals surface area contributed by atoms with Crippen LogP contribution in [-0.2, 0) is 17.8 Å². The van der Waals surface area contributed by atoms with Gasteiger partial charge in [-0.25, -0.2) is 0 Å². The Bertz CT molecular complexity index is 595. The zero-order valence-electron chi connectivity index (χ0n) is 11.1. The number of aliphatic hydroxyl groups is 1. The second-order valence-electron chi connectivity index (χ2n) is 5.03. The molecule has 104 valence electrons. The molecule has 1 aliphatic carbocycles. The molecule has 20 heavy (non-hydrogen) atoms. The molecule has 0 bridgehead atoms. The molecule has 2 aromatic rings. The summed E-state index contributed by atoms with van der Waals surface area (Å²) in [6.45, 7) is 0.545. The molecule has 2 atom stereocenters. The van der Waals surface area contributed by atoms with Gasteiger partial charge in [-0.3, -0.25) is 9.48 Å². The number of nitrogens with zero attached hydrogens (tertiary/aromatic N) is 2. The number of fused-ring (bicyclic) bond motifs is 1. The maximum absolute atomic E-state index is 12.0. The average molecular weight is 271 g/mol. The van der Waals surface area contributed by atoms with E-state index in [0.717, 1.165) is 11.1 Å². The third-order valence-electron chi connectivity index (χ3n) is 3.65. The predicted octanol–water partition coefficient (Wildman–Crippen LogP) is 1.05. The molecule has 5 nitrogen and oxygen atoms in total. The van der Waals surface area contributed by atoms with Gasteiger partial charge < -0.3 is 10.4 Å². The van der Waals surface area contributed by atoms with Crippen LogP contribution in [0, 0.1) is 0 Å². The lowest BCUT2D eigenvalue weighted by Crippen LogP contribution is -2.34. The van der Waals surface area contributed by atoms with Gasteiger partial charge in [-0.2, -0.15) is 5.10 Å². The van der Waals surface area contributed by atoms with Gasteiger partial charge in [0.2, 0.25) is 5.91 Å². The van der Waals surface area contributed by atoms with Crippen LogP contribution < -0.4 is 5.32 Å². The first-order valence-electron chi connectivity index (χ1n) is 6.77. The summed E-state index contributed by atoms with van der Waals surface area (Å²) in [5.74, 6) is -0.0683. The Balaban J connectivity index is 1.61. The molecule has 5 heteroatoms. The van der Waals surface area contributed by atoms with Crippen LogP contribution in [0.4, 0.5) is 0 Å². The van der Waals surface area contributed by atoms with Crippen molar-refractivity contribution in [2.75, 3.05) is 0 Å². The number of carbonyl (C=O) groups is 1. The van der Waals surface area contributed by atoms with E-state index in [4.69, 9.17) is 0 Å². The minimum atomic E-state index is -0.541. The summed E-state index contributed by atoms with van der Waals surface area (Å²) in [4.78, 5) is 12.0. The summed E-state index contributed by atoms with van der Waals surface area (Å²) in [5.41, 5.74) is 2.13. The molecule has 0 spiro atoms. The number of carbonyl (C=O) groups excluding carboxylic acids is 1. The van der Waals surface area contributed by atoms with E-state index < -0.39 is 6.10 Å². The Morgan fingerprint density at radius 3 is 3.05 bits per heavy atom. The number of amides is 1. The largest absolute Gasteiger partial charge is 0.390 e. The fourth-order valence-electron chi connectivity index (χ4n) is 2.64. The summed E-state index contributed by atoms with van der Waals surface area (Å²) < 4.78 is 1.72. The Kier molecular flexibility index (Phi) is 3.52. The van der Waals surface area contributed by atoms with Crippen LogP contribution in [0.1, 0.15) is 23.6 Å². The van der Waals surface area contributed by atoms with Gasteiger partial charge in [0.25, 0.3) is 0 Å². The van der Waals surface area contributed by atoms with Gasteiger partial charge in [-0.15, -0.1) is 0 Å². The standard InChI is InChI=1S/C15H17N3O2/c19-13-10-11-4-1-2-5-12(11)15(13)17-14(20)6-9-18-8-3-7-16-18/h1-5,7-8,13,15,19H,6,9-10H2,(H,17,20)/t13-,15+/m1/s1. The summed E-state index contributed by atoms with van der Waals surface area (Å²) in [5, 5.41) is 17.1. The van der Waals surface area contributed by atoms with E-state index in [1.807, 2.05) is 36.5 Å². The number of benzene rings is 1. The number of rotatable bonds is 4. The van der Waals surface area contributed by atoms with Crippen molar-refractivity contribution < 1.29 is 9.90 Å². The van der Waals surface area contributed by atoms with E-state index in [2.05, 4.69) is 10.4 Å². The molecule has 1 aromatic carbocycles. The maximum atomic E-state index is 12.0. The minimum Gasteiger partial charge on any atom is -0.390 e. The molecule has 2 N–H and O–H groups in total. The molecule has 1 amide bonds. The smallest absolute Gasteiger partial charge is 0.222 e. The number of hydrogen-bond donors (Lipinski definition) is 2. The summed E-state index contributed by atoms with van der Waals surface area (Å²) in [7, 11) is 0. The van der Waals surface area contributed by atoms with Crippen molar-refractivity contribution in [2.45, 2.75) is 31.5 Å². The molecule has 1 aromatic heterocycles. The molecular formula is C15H17N3O2. The Labute approximate surface area is 117 Å². The zero-order valence-corrected chi connectivity index (χ0v) is 11.1. The Hall–Kier alpha value is -2.14. The van der Waals surface area contributed by atoms with Crippen molar-refractivity contribution in [3.63, 3.8) is 0 Å². The molecule has 0 saturated heterocycles.